The van der Waals surface area contributed by atoms with E-state index < -0.39 is 0 Å². The van der Waals surface area contributed by atoms with Crippen molar-refractivity contribution in [3.05, 3.63) is 51.7 Å². The standard InChI is InChI=1S/C12H11IN4O/c13-8-3-5-9(6-4-8)16-12(18)10-2-1-7-15-11(10)17-14/h1-7H,14H2,(H,15,17)(H,16,18). The summed E-state index contributed by atoms with van der Waals surface area (Å²) < 4.78 is 1.11. The lowest BCUT2D eigenvalue weighted by Gasteiger charge is -2.08. The van der Waals surface area contributed by atoms with Crippen molar-refractivity contribution < 1.29 is 4.79 Å². The van der Waals surface area contributed by atoms with Gasteiger partial charge in [0, 0.05) is 15.5 Å². The summed E-state index contributed by atoms with van der Waals surface area (Å²) in [6.45, 7) is 0. The van der Waals surface area contributed by atoms with Gasteiger partial charge in [0.25, 0.3) is 5.91 Å². The van der Waals surface area contributed by atoms with Gasteiger partial charge in [-0.3, -0.25) is 4.79 Å². The molecule has 92 valence electrons. The second-order valence-electron chi connectivity index (χ2n) is 3.50. The number of pyridine rings is 1. The fraction of sp³-hybridized carbons (Fsp3) is 0. The fourth-order valence-electron chi connectivity index (χ4n) is 1.44. The number of benzene rings is 1. The SMILES string of the molecule is NNc1ncccc1C(=O)Nc1ccc(I)cc1. The van der Waals surface area contributed by atoms with Crippen LogP contribution in [0.5, 0.6) is 0 Å². The molecule has 18 heavy (non-hydrogen) atoms. The Morgan fingerprint density at radius 1 is 1.22 bits per heavy atom. The van der Waals surface area contributed by atoms with Crippen molar-refractivity contribution in [2.24, 2.45) is 5.84 Å². The highest BCUT2D eigenvalue weighted by molar-refractivity contribution is 14.1. The second-order valence-corrected chi connectivity index (χ2v) is 4.75. The van der Waals surface area contributed by atoms with Crippen LogP contribution in [-0.2, 0) is 0 Å². The van der Waals surface area contributed by atoms with Gasteiger partial charge in [-0.15, -0.1) is 0 Å². The molecule has 4 N–H and O–H groups in total. The summed E-state index contributed by atoms with van der Waals surface area (Å²) >= 11 is 2.20. The molecule has 0 spiro atoms. The number of nitrogen functional groups attached to an aromatic ring is 1. The molecule has 1 amide bonds. The number of halogens is 1. The lowest BCUT2D eigenvalue weighted by Crippen LogP contribution is -2.18. The van der Waals surface area contributed by atoms with E-state index in [1.54, 1.807) is 18.3 Å². The Labute approximate surface area is 118 Å². The monoisotopic (exact) mass is 354 g/mol. The first-order chi connectivity index (χ1) is 8.70. The Bertz CT molecular complexity index is 556. The minimum absolute atomic E-state index is 0.253. The number of nitrogens with one attached hydrogen (secondary N) is 2. The summed E-state index contributed by atoms with van der Waals surface area (Å²) in [5.74, 6) is 5.40. The van der Waals surface area contributed by atoms with E-state index in [4.69, 9.17) is 5.84 Å². The Balaban J connectivity index is 2.19. The third-order valence-corrected chi connectivity index (χ3v) is 3.01. The molecule has 0 bridgehead atoms. The van der Waals surface area contributed by atoms with Gasteiger partial charge in [-0.2, -0.15) is 0 Å². The highest BCUT2D eigenvalue weighted by Gasteiger charge is 2.11. The van der Waals surface area contributed by atoms with Gasteiger partial charge < -0.3 is 10.7 Å². The summed E-state index contributed by atoms with van der Waals surface area (Å²) in [6.07, 6.45) is 1.57. The number of nitrogens with zero attached hydrogens (tertiary/aromatic N) is 1. The number of carbonyl (C=O) groups excluding carboxylic acids is 1. The minimum Gasteiger partial charge on any atom is -0.322 e. The molecule has 5 nitrogen and oxygen atoms in total. The van der Waals surface area contributed by atoms with Gasteiger partial charge in [-0.05, 0) is 59.0 Å². The molecule has 0 aliphatic heterocycles. The van der Waals surface area contributed by atoms with Crippen LogP contribution in [0.25, 0.3) is 0 Å². The molecule has 0 unspecified atom stereocenters. The average Bonchev–Trinajstić information content (AvgIpc) is 2.41. The van der Waals surface area contributed by atoms with E-state index in [0.717, 1.165) is 9.26 Å². The van der Waals surface area contributed by atoms with E-state index in [9.17, 15) is 4.79 Å². The van der Waals surface area contributed by atoms with Crippen LogP contribution < -0.4 is 16.6 Å². The van der Waals surface area contributed by atoms with Crippen molar-refractivity contribution >= 4 is 40.0 Å². The zero-order valence-electron chi connectivity index (χ0n) is 9.35. The van der Waals surface area contributed by atoms with Gasteiger partial charge >= 0.3 is 0 Å². The second kappa shape index (κ2) is 5.78. The van der Waals surface area contributed by atoms with Gasteiger partial charge in [0.15, 0.2) is 5.82 Å². The number of hydrazine groups is 1. The van der Waals surface area contributed by atoms with Crippen LogP contribution in [0.4, 0.5) is 11.5 Å². The molecule has 1 aromatic heterocycles. The third-order valence-electron chi connectivity index (χ3n) is 2.29. The number of rotatable bonds is 3. The van der Waals surface area contributed by atoms with Crippen molar-refractivity contribution in [1.82, 2.24) is 4.98 Å². The van der Waals surface area contributed by atoms with Crippen LogP contribution in [-0.4, -0.2) is 10.9 Å². The van der Waals surface area contributed by atoms with Crippen LogP contribution in [0, 0.1) is 3.57 Å². The van der Waals surface area contributed by atoms with Gasteiger partial charge in [-0.1, -0.05) is 0 Å². The first-order valence-electron chi connectivity index (χ1n) is 5.19. The van der Waals surface area contributed by atoms with E-state index in [-0.39, 0.29) is 5.91 Å². The van der Waals surface area contributed by atoms with Crippen molar-refractivity contribution in [2.75, 3.05) is 10.7 Å². The fourth-order valence-corrected chi connectivity index (χ4v) is 1.79. The summed E-state index contributed by atoms with van der Waals surface area (Å²) in [7, 11) is 0. The predicted molar refractivity (Wildman–Crippen MR) is 79.2 cm³/mol. The van der Waals surface area contributed by atoms with E-state index in [0.29, 0.717) is 11.4 Å². The molecule has 0 aliphatic carbocycles. The topological polar surface area (TPSA) is 80.0 Å². The molecule has 1 heterocycles. The van der Waals surface area contributed by atoms with Crippen molar-refractivity contribution in [2.45, 2.75) is 0 Å². The van der Waals surface area contributed by atoms with Crippen LogP contribution in [0.1, 0.15) is 10.4 Å². The quantitative estimate of drug-likeness (QED) is 0.449. The van der Waals surface area contributed by atoms with Gasteiger partial charge in [0.1, 0.15) is 0 Å². The van der Waals surface area contributed by atoms with Crippen LogP contribution in [0.3, 0.4) is 0 Å². The van der Waals surface area contributed by atoms with Crippen LogP contribution >= 0.6 is 22.6 Å². The third kappa shape index (κ3) is 2.96. The van der Waals surface area contributed by atoms with Gasteiger partial charge in [-0.25, -0.2) is 10.8 Å². The highest BCUT2D eigenvalue weighted by atomic mass is 127. The average molecular weight is 354 g/mol. The summed E-state index contributed by atoms with van der Waals surface area (Å²) in [4.78, 5) is 16.0. The largest absolute Gasteiger partial charge is 0.322 e. The Hall–Kier alpha value is -1.67. The van der Waals surface area contributed by atoms with Crippen molar-refractivity contribution in [3.8, 4) is 0 Å². The lowest BCUT2D eigenvalue weighted by molar-refractivity contribution is 0.102. The smallest absolute Gasteiger partial charge is 0.259 e. The molecule has 0 radical (unpaired) electrons. The van der Waals surface area contributed by atoms with E-state index in [2.05, 4.69) is 38.3 Å². The molecule has 0 fully saturated rings. The predicted octanol–water partition coefficient (Wildman–Crippen LogP) is 2.22. The molecule has 0 saturated heterocycles. The summed E-state index contributed by atoms with van der Waals surface area (Å²) in [5.41, 5.74) is 3.53. The van der Waals surface area contributed by atoms with Crippen LogP contribution in [0.15, 0.2) is 42.6 Å². The Morgan fingerprint density at radius 3 is 2.61 bits per heavy atom. The van der Waals surface area contributed by atoms with E-state index >= 15 is 0 Å². The maximum atomic E-state index is 12.0. The Kier molecular flexibility index (Phi) is 4.11. The summed E-state index contributed by atoms with van der Waals surface area (Å²) in [6, 6.07) is 10.9. The zero-order valence-corrected chi connectivity index (χ0v) is 11.5. The van der Waals surface area contributed by atoms with Gasteiger partial charge in [0.2, 0.25) is 0 Å². The zero-order chi connectivity index (χ0) is 13.0. The number of carbonyl (C=O) groups is 1. The maximum Gasteiger partial charge on any atom is 0.259 e. The van der Waals surface area contributed by atoms with E-state index in [1.165, 1.54) is 0 Å². The van der Waals surface area contributed by atoms with Crippen LogP contribution in [0.2, 0.25) is 0 Å². The van der Waals surface area contributed by atoms with E-state index in [1.807, 2.05) is 24.3 Å². The minimum atomic E-state index is -0.253. The number of aromatic nitrogens is 1. The molecule has 6 heteroatoms. The molecule has 0 atom stereocenters. The molecule has 0 aliphatic rings. The Morgan fingerprint density at radius 2 is 1.94 bits per heavy atom. The number of hydrogen-bond acceptors (Lipinski definition) is 4. The number of anilines is 2. The van der Waals surface area contributed by atoms with Gasteiger partial charge in [0.05, 0.1) is 5.56 Å². The number of nitrogens with two attached hydrogens (primary N) is 1. The first kappa shape index (κ1) is 12.8. The van der Waals surface area contributed by atoms with Crippen molar-refractivity contribution in [1.29, 1.82) is 0 Å². The normalized spacial score (nSPS) is 9.89. The highest BCUT2D eigenvalue weighted by Crippen LogP contribution is 2.15. The molecule has 0 saturated carbocycles. The molecular formula is C12H11IN4O. The first-order valence-corrected chi connectivity index (χ1v) is 6.27. The molecule has 2 aromatic rings. The lowest BCUT2D eigenvalue weighted by atomic mass is 10.2. The number of hydrogen-bond donors (Lipinski definition) is 3. The van der Waals surface area contributed by atoms with Crippen molar-refractivity contribution in [3.63, 3.8) is 0 Å². The molecule has 2 rings (SSSR count). The molecule has 1 aromatic carbocycles. The summed E-state index contributed by atoms with van der Waals surface area (Å²) in [5, 5.41) is 2.78. The molecular weight excluding hydrogens is 343 g/mol. The maximum absolute atomic E-state index is 12.0. The number of amides is 1.